The first kappa shape index (κ1) is 12.8. The normalized spacial score (nSPS) is 16.4. The second kappa shape index (κ2) is 6.36. The Hall–Kier alpha value is -0.610. The van der Waals surface area contributed by atoms with E-state index < -0.39 is 0 Å². The highest BCUT2D eigenvalue weighted by Crippen LogP contribution is 2.24. The van der Waals surface area contributed by atoms with Crippen molar-refractivity contribution in [3.63, 3.8) is 0 Å². The Morgan fingerprint density at radius 1 is 1.29 bits per heavy atom. The van der Waals surface area contributed by atoms with Crippen molar-refractivity contribution in [1.29, 1.82) is 0 Å². The average Bonchev–Trinajstić information content (AvgIpc) is 2.80. The molecule has 1 fully saturated rings. The molecule has 0 spiro atoms. The molecule has 0 radical (unpaired) electrons. The first-order chi connectivity index (χ1) is 8.27. The van der Waals surface area contributed by atoms with Crippen LogP contribution in [0.1, 0.15) is 19.3 Å². The van der Waals surface area contributed by atoms with E-state index in [1.54, 1.807) is 6.07 Å². The average molecular weight is 301 g/mol. The molecular weight excluding hydrogens is 283 g/mol. The van der Waals surface area contributed by atoms with Gasteiger partial charge in [-0.15, -0.1) is 0 Å². The summed E-state index contributed by atoms with van der Waals surface area (Å²) in [6.07, 6.45) is 3.71. The standard InChI is InChI=1S/C13H18BrFN2/c14-11-5-3-6-12(15)13(11)16-7-4-10-17-8-1-2-9-17/h3,5-6,16H,1-2,4,7-10H2. The fourth-order valence-corrected chi connectivity index (χ4v) is 2.67. The Labute approximate surface area is 110 Å². The van der Waals surface area contributed by atoms with Gasteiger partial charge in [0.2, 0.25) is 0 Å². The molecule has 0 aliphatic carbocycles. The SMILES string of the molecule is Fc1cccc(Br)c1NCCCN1CCCC1. The summed E-state index contributed by atoms with van der Waals surface area (Å²) >= 11 is 3.35. The Morgan fingerprint density at radius 3 is 2.76 bits per heavy atom. The Bertz CT molecular complexity index is 344. The molecule has 0 bridgehead atoms. The maximum absolute atomic E-state index is 13.5. The predicted molar refractivity (Wildman–Crippen MR) is 72.9 cm³/mol. The van der Waals surface area contributed by atoms with Crippen molar-refractivity contribution < 1.29 is 4.39 Å². The summed E-state index contributed by atoms with van der Waals surface area (Å²) in [4.78, 5) is 2.47. The highest BCUT2D eigenvalue weighted by atomic mass is 79.9. The summed E-state index contributed by atoms with van der Waals surface area (Å²) in [5.41, 5.74) is 0.578. The molecule has 0 atom stereocenters. The molecule has 1 N–H and O–H groups in total. The van der Waals surface area contributed by atoms with Gasteiger partial charge in [0, 0.05) is 11.0 Å². The fraction of sp³-hybridized carbons (Fsp3) is 0.538. The van der Waals surface area contributed by atoms with Crippen molar-refractivity contribution in [1.82, 2.24) is 4.90 Å². The van der Waals surface area contributed by atoms with Crippen molar-refractivity contribution in [2.45, 2.75) is 19.3 Å². The largest absolute Gasteiger partial charge is 0.382 e. The first-order valence-electron chi connectivity index (χ1n) is 6.17. The number of nitrogens with one attached hydrogen (secondary N) is 1. The van der Waals surface area contributed by atoms with Crippen LogP contribution in [0.4, 0.5) is 10.1 Å². The highest BCUT2D eigenvalue weighted by molar-refractivity contribution is 9.10. The second-order valence-electron chi connectivity index (χ2n) is 4.43. The van der Waals surface area contributed by atoms with Crippen molar-refractivity contribution in [2.75, 3.05) is 31.5 Å². The number of nitrogens with zero attached hydrogens (tertiary/aromatic N) is 1. The molecule has 1 aliphatic heterocycles. The van der Waals surface area contributed by atoms with E-state index in [0.29, 0.717) is 5.69 Å². The van der Waals surface area contributed by atoms with Crippen molar-refractivity contribution in [3.05, 3.63) is 28.5 Å². The molecular formula is C13H18BrFN2. The number of para-hydroxylation sites is 1. The van der Waals surface area contributed by atoms with Gasteiger partial charge in [0.25, 0.3) is 0 Å². The maximum atomic E-state index is 13.5. The van der Waals surface area contributed by atoms with Crippen LogP contribution >= 0.6 is 15.9 Å². The molecule has 0 saturated carbocycles. The Balaban J connectivity index is 1.74. The smallest absolute Gasteiger partial charge is 0.147 e. The molecule has 2 nitrogen and oxygen atoms in total. The van der Waals surface area contributed by atoms with E-state index in [9.17, 15) is 4.39 Å². The number of benzene rings is 1. The third-order valence-electron chi connectivity index (χ3n) is 3.11. The van der Waals surface area contributed by atoms with Crippen LogP contribution < -0.4 is 5.32 Å². The van der Waals surface area contributed by atoms with Gasteiger partial charge in [-0.3, -0.25) is 0 Å². The van der Waals surface area contributed by atoms with Crippen molar-refractivity contribution >= 4 is 21.6 Å². The molecule has 1 heterocycles. The number of likely N-dealkylation sites (tertiary alicyclic amines) is 1. The summed E-state index contributed by atoms with van der Waals surface area (Å²) in [5, 5.41) is 3.16. The summed E-state index contributed by atoms with van der Waals surface area (Å²) in [6, 6.07) is 5.04. The molecule has 1 aliphatic rings. The van der Waals surface area contributed by atoms with Gasteiger partial charge < -0.3 is 10.2 Å². The van der Waals surface area contributed by atoms with Gasteiger partial charge in [0.15, 0.2) is 0 Å². The molecule has 0 amide bonds. The lowest BCUT2D eigenvalue weighted by molar-refractivity contribution is 0.337. The van der Waals surface area contributed by atoms with Crippen LogP contribution in [0.5, 0.6) is 0 Å². The fourth-order valence-electron chi connectivity index (χ4n) is 2.19. The highest BCUT2D eigenvalue weighted by Gasteiger charge is 2.10. The van der Waals surface area contributed by atoms with Gasteiger partial charge in [-0.05, 0) is 67.0 Å². The van der Waals surface area contributed by atoms with Crippen LogP contribution in [0.3, 0.4) is 0 Å². The van der Waals surface area contributed by atoms with Crippen LogP contribution in [-0.4, -0.2) is 31.1 Å². The minimum atomic E-state index is -0.194. The number of hydrogen-bond acceptors (Lipinski definition) is 2. The second-order valence-corrected chi connectivity index (χ2v) is 5.28. The lowest BCUT2D eigenvalue weighted by atomic mass is 10.3. The Kier molecular flexibility index (Phi) is 4.80. The number of rotatable bonds is 5. The summed E-state index contributed by atoms with van der Waals surface area (Å²) in [5.74, 6) is -0.194. The number of anilines is 1. The minimum Gasteiger partial charge on any atom is -0.382 e. The van der Waals surface area contributed by atoms with Gasteiger partial charge >= 0.3 is 0 Å². The molecule has 0 unspecified atom stereocenters. The minimum absolute atomic E-state index is 0.194. The van der Waals surface area contributed by atoms with Crippen LogP contribution in [0.2, 0.25) is 0 Å². The van der Waals surface area contributed by atoms with Gasteiger partial charge in [-0.25, -0.2) is 4.39 Å². The topological polar surface area (TPSA) is 15.3 Å². The zero-order chi connectivity index (χ0) is 12.1. The quantitative estimate of drug-likeness (QED) is 0.838. The maximum Gasteiger partial charge on any atom is 0.147 e. The van der Waals surface area contributed by atoms with Crippen LogP contribution in [0.15, 0.2) is 22.7 Å². The zero-order valence-electron chi connectivity index (χ0n) is 9.88. The molecule has 94 valence electrons. The van der Waals surface area contributed by atoms with Gasteiger partial charge in [-0.2, -0.15) is 0 Å². The summed E-state index contributed by atoms with van der Waals surface area (Å²) in [6.45, 7) is 4.38. The van der Waals surface area contributed by atoms with E-state index in [1.807, 2.05) is 6.07 Å². The Morgan fingerprint density at radius 2 is 2.06 bits per heavy atom. The summed E-state index contributed by atoms with van der Waals surface area (Å²) < 4.78 is 14.3. The van der Waals surface area contributed by atoms with Crippen molar-refractivity contribution in [3.8, 4) is 0 Å². The van der Waals surface area contributed by atoms with Gasteiger partial charge in [0.05, 0.1) is 5.69 Å². The third-order valence-corrected chi connectivity index (χ3v) is 3.78. The zero-order valence-corrected chi connectivity index (χ0v) is 11.5. The van der Waals surface area contributed by atoms with E-state index in [2.05, 4.69) is 26.1 Å². The van der Waals surface area contributed by atoms with E-state index in [4.69, 9.17) is 0 Å². The predicted octanol–water partition coefficient (Wildman–Crippen LogP) is 3.49. The van der Waals surface area contributed by atoms with E-state index >= 15 is 0 Å². The molecule has 1 saturated heterocycles. The van der Waals surface area contributed by atoms with Crippen LogP contribution in [-0.2, 0) is 0 Å². The molecule has 0 aromatic heterocycles. The van der Waals surface area contributed by atoms with E-state index in [0.717, 1.165) is 24.0 Å². The number of halogens is 2. The first-order valence-corrected chi connectivity index (χ1v) is 6.97. The lowest BCUT2D eigenvalue weighted by Gasteiger charge is -2.15. The molecule has 2 rings (SSSR count). The van der Waals surface area contributed by atoms with E-state index in [1.165, 1.54) is 32.0 Å². The van der Waals surface area contributed by atoms with E-state index in [-0.39, 0.29) is 5.82 Å². The monoisotopic (exact) mass is 300 g/mol. The summed E-state index contributed by atoms with van der Waals surface area (Å²) in [7, 11) is 0. The van der Waals surface area contributed by atoms with Gasteiger partial charge in [0.1, 0.15) is 5.82 Å². The van der Waals surface area contributed by atoms with Crippen molar-refractivity contribution in [2.24, 2.45) is 0 Å². The molecule has 1 aromatic carbocycles. The number of hydrogen-bond donors (Lipinski definition) is 1. The van der Waals surface area contributed by atoms with Gasteiger partial charge in [-0.1, -0.05) is 6.07 Å². The third kappa shape index (κ3) is 3.68. The molecule has 1 aromatic rings. The van der Waals surface area contributed by atoms with Crippen LogP contribution in [0.25, 0.3) is 0 Å². The lowest BCUT2D eigenvalue weighted by Crippen LogP contribution is -2.22. The van der Waals surface area contributed by atoms with Crippen LogP contribution in [0, 0.1) is 5.82 Å². The molecule has 4 heteroatoms. The molecule has 17 heavy (non-hydrogen) atoms.